The smallest absolute Gasteiger partial charge is 0.462 e. The molecule has 0 aromatic carbocycles. The number of aliphatic hydroxyl groups excluding tert-OH is 1. The second-order valence-electron chi connectivity index (χ2n) is 27.8. The topological polar surface area (TPSA) is 237 Å². The zero-order valence-electron chi connectivity index (χ0n) is 60.0. The fourth-order valence-electron chi connectivity index (χ4n) is 11.1. The third kappa shape index (κ3) is 66.7. The van der Waals surface area contributed by atoms with E-state index in [4.69, 9.17) is 37.0 Å². The number of carbonyl (C=O) groups is 4. The Morgan fingerprint density at radius 2 is 0.500 bits per heavy atom. The molecule has 0 radical (unpaired) electrons. The van der Waals surface area contributed by atoms with E-state index in [1.54, 1.807) is 0 Å². The van der Waals surface area contributed by atoms with Gasteiger partial charge in [-0.2, -0.15) is 0 Å². The van der Waals surface area contributed by atoms with Crippen molar-refractivity contribution in [2.75, 3.05) is 39.6 Å². The molecule has 19 heteroatoms. The molecule has 0 aromatic heterocycles. The van der Waals surface area contributed by atoms with Crippen LogP contribution in [0.4, 0.5) is 0 Å². The minimum atomic E-state index is -4.95. The Kier molecular flexibility index (Phi) is 62.4. The maximum atomic E-state index is 13.0. The lowest BCUT2D eigenvalue weighted by atomic mass is 10.0. The van der Waals surface area contributed by atoms with Gasteiger partial charge >= 0.3 is 39.5 Å². The Morgan fingerprint density at radius 3 is 0.739 bits per heavy atom. The molecule has 0 saturated heterocycles. The molecule has 0 rings (SSSR count). The number of ether oxygens (including phenoxy) is 4. The van der Waals surface area contributed by atoms with Crippen LogP contribution < -0.4 is 0 Å². The molecule has 0 bridgehead atoms. The van der Waals surface area contributed by atoms with Crippen LogP contribution in [-0.4, -0.2) is 96.7 Å². The molecule has 0 heterocycles. The van der Waals surface area contributed by atoms with Crippen molar-refractivity contribution in [3.63, 3.8) is 0 Å². The van der Waals surface area contributed by atoms with Gasteiger partial charge in [0.05, 0.1) is 26.4 Å². The van der Waals surface area contributed by atoms with E-state index < -0.39 is 97.5 Å². The van der Waals surface area contributed by atoms with Gasteiger partial charge in [-0.1, -0.05) is 318 Å². The monoisotopic (exact) mass is 1350 g/mol. The number of hydrogen-bond donors (Lipinski definition) is 3. The second-order valence-corrected chi connectivity index (χ2v) is 30.7. The molecule has 0 aliphatic carbocycles. The summed E-state index contributed by atoms with van der Waals surface area (Å²) in [7, 11) is -9.90. The summed E-state index contributed by atoms with van der Waals surface area (Å²) < 4.78 is 68.3. The third-order valence-corrected chi connectivity index (χ3v) is 18.8. The number of phosphoric ester groups is 2. The first-order chi connectivity index (χ1) is 44.2. The van der Waals surface area contributed by atoms with Crippen LogP contribution in [0.5, 0.6) is 0 Å². The lowest BCUT2D eigenvalue weighted by molar-refractivity contribution is -0.161. The van der Waals surface area contributed by atoms with Gasteiger partial charge in [0.2, 0.25) is 0 Å². The lowest BCUT2D eigenvalue weighted by Crippen LogP contribution is -2.30. The Hall–Kier alpha value is -1.94. The zero-order chi connectivity index (χ0) is 68.0. The highest BCUT2D eigenvalue weighted by molar-refractivity contribution is 7.47. The van der Waals surface area contributed by atoms with Crippen molar-refractivity contribution in [2.45, 2.75) is 388 Å². The minimum Gasteiger partial charge on any atom is -0.462 e. The van der Waals surface area contributed by atoms with Crippen molar-refractivity contribution in [3.8, 4) is 0 Å². The van der Waals surface area contributed by atoms with E-state index >= 15 is 0 Å². The number of unbranched alkanes of at least 4 members (excludes halogenated alkanes) is 39. The second kappa shape index (κ2) is 63.8. The summed E-state index contributed by atoms with van der Waals surface area (Å²) in [4.78, 5) is 72.6. The molecule has 3 N–H and O–H groups in total. The zero-order valence-corrected chi connectivity index (χ0v) is 61.8. The average Bonchev–Trinajstić information content (AvgIpc) is 1.25. The Morgan fingerprint density at radius 1 is 0.293 bits per heavy atom. The highest BCUT2D eigenvalue weighted by Crippen LogP contribution is 2.45. The van der Waals surface area contributed by atoms with Gasteiger partial charge in [-0.15, -0.1) is 0 Å². The molecule has 5 atom stereocenters. The van der Waals surface area contributed by atoms with Gasteiger partial charge in [0.25, 0.3) is 0 Å². The summed E-state index contributed by atoms with van der Waals surface area (Å²) in [6, 6.07) is 0. The highest BCUT2D eigenvalue weighted by atomic mass is 31.2. The molecule has 0 aliphatic rings. The Balaban J connectivity index is 5.17. The van der Waals surface area contributed by atoms with Crippen molar-refractivity contribution < 1.29 is 80.2 Å². The summed E-state index contributed by atoms with van der Waals surface area (Å²) in [5, 5.41) is 10.6. The first-order valence-electron chi connectivity index (χ1n) is 37.8. The number of esters is 4. The van der Waals surface area contributed by atoms with Crippen molar-refractivity contribution in [1.82, 2.24) is 0 Å². The number of hydrogen-bond acceptors (Lipinski definition) is 15. The van der Waals surface area contributed by atoms with Crippen LogP contribution in [0.3, 0.4) is 0 Å². The molecular formula is C73H142O17P2. The van der Waals surface area contributed by atoms with Crippen LogP contribution in [0.1, 0.15) is 370 Å². The van der Waals surface area contributed by atoms with E-state index in [1.807, 2.05) is 0 Å². The van der Waals surface area contributed by atoms with E-state index in [1.165, 1.54) is 173 Å². The summed E-state index contributed by atoms with van der Waals surface area (Å²) in [5.74, 6) is -0.00147. The Bertz CT molecular complexity index is 1800. The maximum Gasteiger partial charge on any atom is 0.472 e. The molecule has 546 valence electrons. The van der Waals surface area contributed by atoms with Crippen LogP contribution in [0.2, 0.25) is 0 Å². The predicted octanol–water partition coefficient (Wildman–Crippen LogP) is 21.0. The van der Waals surface area contributed by atoms with Gasteiger partial charge < -0.3 is 33.8 Å². The van der Waals surface area contributed by atoms with Crippen LogP contribution >= 0.6 is 15.6 Å². The highest BCUT2D eigenvalue weighted by Gasteiger charge is 2.30. The lowest BCUT2D eigenvalue weighted by Gasteiger charge is -2.21. The molecule has 0 amide bonds. The van der Waals surface area contributed by atoms with Crippen molar-refractivity contribution in [3.05, 3.63) is 0 Å². The van der Waals surface area contributed by atoms with Gasteiger partial charge in [0.1, 0.15) is 19.3 Å². The first kappa shape index (κ1) is 90.1. The van der Waals surface area contributed by atoms with Gasteiger partial charge in [-0.25, -0.2) is 9.13 Å². The number of phosphoric acid groups is 2. The van der Waals surface area contributed by atoms with Gasteiger partial charge in [0, 0.05) is 25.7 Å². The van der Waals surface area contributed by atoms with Gasteiger partial charge in [-0.05, 0) is 43.4 Å². The summed E-state index contributed by atoms with van der Waals surface area (Å²) in [6.45, 7) is 11.7. The number of aliphatic hydroxyl groups is 1. The third-order valence-electron chi connectivity index (χ3n) is 16.9. The normalized spacial score (nSPS) is 14.1. The van der Waals surface area contributed by atoms with E-state index in [0.717, 1.165) is 102 Å². The standard InChI is InChI=1S/C73H142O17P2/c1-8-9-10-11-12-13-14-15-16-17-18-19-20-21-22-23-24-25-34-42-49-56-72(77)89-68(60-83-70(75)54-47-40-33-27-26-30-37-44-51-64(2)3)62-87-91(79,80)85-58-67(74)59-86-92(81,82)88-63-69(90-73(78)57-50-43-36-29-32-39-46-53-66(6)7)61-84-71(76)55-48-41-35-28-31-38-45-52-65(4)5/h64-69,74H,8-63H2,1-7H3,(H,79,80)(H,81,82)/t67-,68-,69-/m1/s1. The largest absolute Gasteiger partial charge is 0.472 e. The SMILES string of the molecule is CCCCCCCCCCCCCCCCCCCCCCCC(=O)O[C@H](COC(=O)CCCCCCCCCCC(C)C)COP(=O)(O)OC[C@@H](O)COP(=O)(O)OC[C@@H](COC(=O)CCCCCCCCCC(C)C)OC(=O)CCCCCCCCCC(C)C. The van der Waals surface area contributed by atoms with Gasteiger partial charge in [0.15, 0.2) is 12.2 Å². The van der Waals surface area contributed by atoms with Crippen LogP contribution in [0.15, 0.2) is 0 Å². The summed E-state index contributed by atoms with van der Waals surface area (Å²) >= 11 is 0. The van der Waals surface area contributed by atoms with Crippen molar-refractivity contribution in [1.29, 1.82) is 0 Å². The summed E-state index contributed by atoms with van der Waals surface area (Å²) in [5.41, 5.74) is 0. The molecule has 0 aromatic rings. The molecule has 0 fully saturated rings. The van der Waals surface area contributed by atoms with Crippen LogP contribution in [-0.2, 0) is 65.4 Å². The van der Waals surface area contributed by atoms with E-state index in [0.29, 0.717) is 37.5 Å². The van der Waals surface area contributed by atoms with E-state index in [2.05, 4.69) is 48.5 Å². The number of carbonyl (C=O) groups excluding carboxylic acids is 4. The maximum absolute atomic E-state index is 13.0. The molecular weight excluding hydrogens is 1210 g/mol. The molecule has 0 saturated carbocycles. The van der Waals surface area contributed by atoms with E-state index in [9.17, 15) is 43.2 Å². The van der Waals surface area contributed by atoms with E-state index in [-0.39, 0.29) is 25.7 Å². The molecule has 2 unspecified atom stereocenters. The van der Waals surface area contributed by atoms with Crippen molar-refractivity contribution >= 4 is 39.5 Å². The van der Waals surface area contributed by atoms with Crippen molar-refractivity contribution in [2.24, 2.45) is 17.8 Å². The molecule has 92 heavy (non-hydrogen) atoms. The molecule has 0 spiro atoms. The fourth-order valence-corrected chi connectivity index (χ4v) is 12.7. The quantitative estimate of drug-likeness (QED) is 0.0222. The average molecular weight is 1350 g/mol. The Labute approximate surface area is 562 Å². The molecule has 0 aliphatic heterocycles. The minimum absolute atomic E-state index is 0.102. The van der Waals surface area contributed by atoms with Crippen LogP contribution in [0, 0.1) is 17.8 Å². The molecule has 17 nitrogen and oxygen atoms in total. The van der Waals surface area contributed by atoms with Gasteiger partial charge in [-0.3, -0.25) is 37.3 Å². The fraction of sp³-hybridized carbons (Fsp3) is 0.945. The first-order valence-corrected chi connectivity index (χ1v) is 40.8. The van der Waals surface area contributed by atoms with Crippen LogP contribution in [0.25, 0.3) is 0 Å². The number of rotatable bonds is 71. The predicted molar refractivity (Wildman–Crippen MR) is 372 cm³/mol. The summed E-state index contributed by atoms with van der Waals surface area (Å²) in [6.07, 6.45) is 49.0.